The third kappa shape index (κ3) is 3.08. The highest BCUT2D eigenvalue weighted by Gasteiger charge is 2.26. The molecule has 1 amide bonds. The van der Waals surface area contributed by atoms with Crippen LogP contribution < -0.4 is 5.32 Å². The van der Waals surface area contributed by atoms with E-state index in [-0.39, 0.29) is 17.6 Å². The van der Waals surface area contributed by atoms with Crippen molar-refractivity contribution in [3.8, 4) is 6.07 Å². The van der Waals surface area contributed by atoms with E-state index in [4.69, 9.17) is 0 Å². The maximum absolute atomic E-state index is 12.8. The first-order chi connectivity index (χ1) is 11.5. The number of hydrogen-bond acceptors (Lipinski definition) is 5. The molecular weight excluding hydrogens is 322 g/mol. The van der Waals surface area contributed by atoms with Gasteiger partial charge >= 0.3 is 0 Å². The van der Waals surface area contributed by atoms with Crippen LogP contribution in [0.3, 0.4) is 0 Å². The number of ketones is 1. The molecule has 0 fully saturated rings. The lowest BCUT2D eigenvalue weighted by Crippen LogP contribution is -2.20. The van der Waals surface area contributed by atoms with Gasteiger partial charge in [-0.2, -0.15) is 5.26 Å². The molecule has 2 heterocycles. The second-order valence-electron chi connectivity index (χ2n) is 6.11. The van der Waals surface area contributed by atoms with E-state index in [1.165, 1.54) is 11.3 Å². The van der Waals surface area contributed by atoms with Crippen molar-refractivity contribution in [1.82, 2.24) is 4.98 Å². The summed E-state index contributed by atoms with van der Waals surface area (Å²) in [4.78, 5) is 28.6. The Labute approximate surface area is 144 Å². The Morgan fingerprint density at radius 2 is 2.17 bits per heavy atom. The lowest BCUT2D eigenvalue weighted by atomic mass is 9.94. The highest BCUT2D eigenvalue weighted by molar-refractivity contribution is 7.10. The van der Waals surface area contributed by atoms with E-state index in [2.05, 4.69) is 16.4 Å². The number of nitriles is 1. The zero-order valence-corrected chi connectivity index (χ0v) is 14.3. The molecule has 0 saturated carbocycles. The van der Waals surface area contributed by atoms with Gasteiger partial charge in [-0.1, -0.05) is 13.8 Å². The molecule has 5 nitrogen and oxygen atoms in total. The third-order valence-electron chi connectivity index (χ3n) is 4.05. The maximum Gasteiger partial charge on any atom is 0.224 e. The zero-order chi connectivity index (χ0) is 17.3. The number of benzene rings is 1. The fraction of sp³-hybridized carbons (Fsp3) is 0.333. The number of anilines is 1. The first kappa shape index (κ1) is 16.3. The summed E-state index contributed by atoms with van der Waals surface area (Å²) in [6, 6.07) is 7.25. The van der Waals surface area contributed by atoms with Gasteiger partial charge in [0.25, 0.3) is 0 Å². The van der Waals surface area contributed by atoms with E-state index in [1.54, 1.807) is 18.2 Å². The molecule has 0 saturated heterocycles. The van der Waals surface area contributed by atoms with E-state index >= 15 is 0 Å². The van der Waals surface area contributed by atoms with Crippen LogP contribution >= 0.6 is 11.3 Å². The molecule has 1 aromatic heterocycles. The number of fused-ring (bicyclic) bond motifs is 1. The van der Waals surface area contributed by atoms with Crippen molar-refractivity contribution in [3.63, 3.8) is 0 Å². The number of carbonyl (C=O) groups is 2. The summed E-state index contributed by atoms with van der Waals surface area (Å²) in [5.41, 5.74) is 3.06. The monoisotopic (exact) mass is 339 g/mol. The molecule has 3 rings (SSSR count). The number of nitrogens with one attached hydrogen (secondary N) is 1. The zero-order valence-electron chi connectivity index (χ0n) is 13.5. The summed E-state index contributed by atoms with van der Waals surface area (Å²) >= 11 is 1.35. The minimum atomic E-state index is -0.890. The van der Waals surface area contributed by atoms with Crippen LogP contribution in [0, 0.1) is 11.3 Å². The molecular formula is C18H17N3O2S. The van der Waals surface area contributed by atoms with E-state index < -0.39 is 5.92 Å². The fourth-order valence-corrected chi connectivity index (χ4v) is 3.65. The summed E-state index contributed by atoms with van der Waals surface area (Å²) < 4.78 is 0. The van der Waals surface area contributed by atoms with Crippen LogP contribution in [0.25, 0.3) is 0 Å². The quantitative estimate of drug-likeness (QED) is 0.862. The standard InChI is InChI=1S/C18H17N3O2S/c1-10(2)15-9-24-18(21-15)13(8-19)17(23)12-3-5-14-11(7-12)4-6-16(22)20-14/h3,5,7,9-10,13H,4,6H2,1-2H3,(H,20,22)/t13-/m1/s1. The SMILES string of the molecule is CC(C)c1csc([C@H](C#N)C(=O)c2ccc3c(c2)CCC(=O)N3)n1. The molecule has 1 atom stereocenters. The molecule has 24 heavy (non-hydrogen) atoms. The summed E-state index contributed by atoms with van der Waals surface area (Å²) in [6.45, 7) is 4.06. The summed E-state index contributed by atoms with van der Waals surface area (Å²) in [7, 11) is 0. The first-order valence-electron chi connectivity index (χ1n) is 7.81. The number of carbonyl (C=O) groups excluding carboxylic acids is 2. The van der Waals surface area contributed by atoms with Gasteiger partial charge < -0.3 is 5.32 Å². The van der Waals surface area contributed by atoms with E-state index in [0.717, 1.165) is 16.9 Å². The smallest absolute Gasteiger partial charge is 0.224 e. The highest BCUT2D eigenvalue weighted by atomic mass is 32.1. The topological polar surface area (TPSA) is 82.8 Å². The Morgan fingerprint density at radius 1 is 1.38 bits per heavy atom. The molecule has 0 radical (unpaired) electrons. The number of hydrogen-bond donors (Lipinski definition) is 1. The molecule has 122 valence electrons. The number of thiazole rings is 1. The molecule has 1 aliphatic heterocycles. The lowest BCUT2D eigenvalue weighted by Gasteiger charge is -2.17. The van der Waals surface area contributed by atoms with Crippen LogP contribution in [0.15, 0.2) is 23.6 Å². The van der Waals surface area contributed by atoms with Gasteiger partial charge in [0, 0.05) is 23.1 Å². The Morgan fingerprint density at radius 3 is 2.83 bits per heavy atom. The maximum atomic E-state index is 12.8. The first-order valence-corrected chi connectivity index (χ1v) is 8.69. The van der Waals surface area contributed by atoms with Gasteiger partial charge in [-0.3, -0.25) is 9.59 Å². The fourth-order valence-electron chi connectivity index (χ4n) is 2.63. The van der Waals surface area contributed by atoms with Crippen molar-refractivity contribution in [2.45, 2.75) is 38.5 Å². The molecule has 0 bridgehead atoms. The van der Waals surface area contributed by atoms with Gasteiger partial charge in [0.2, 0.25) is 5.91 Å². The Bertz CT molecular complexity index is 848. The largest absolute Gasteiger partial charge is 0.326 e. The Hall–Kier alpha value is -2.52. The van der Waals surface area contributed by atoms with Gasteiger partial charge in [-0.25, -0.2) is 4.98 Å². The van der Waals surface area contributed by atoms with Crippen LogP contribution in [0.2, 0.25) is 0 Å². The van der Waals surface area contributed by atoms with Gasteiger partial charge in [-0.05, 0) is 36.1 Å². The van der Waals surface area contributed by atoms with Gasteiger partial charge in [-0.15, -0.1) is 11.3 Å². The summed E-state index contributed by atoms with van der Waals surface area (Å²) in [5.74, 6) is -0.891. The minimum Gasteiger partial charge on any atom is -0.326 e. The minimum absolute atomic E-state index is 0.0134. The number of aromatic nitrogens is 1. The summed E-state index contributed by atoms with van der Waals surface area (Å²) in [5, 5.41) is 14.7. The van der Waals surface area contributed by atoms with Gasteiger partial charge in [0.05, 0.1) is 11.8 Å². The van der Waals surface area contributed by atoms with Crippen LogP contribution in [0.4, 0.5) is 5.69 Å². The van der Waals surface area contributed by atoms with Crippen molar-refractivity contribution in [3.05, 3.63) is 45.4 Å². The van der Waals surface area contributed by atoms with Crippen molar-refractivity contribution in [2.75, 3.05) is 5.32 Å². The molecule has 2 aromatic rings. The Kier molecular flexibility index (Phi) is 4.45. The van der Waals surface area contributed by atoms with Crippen LogP contribution in [-0.4, -0.2) is 16.7 Å². The molecule has 1 aromatic carbocycles. The Balaban J connectivity index is 1.89. The second kappa shape index (κ2) is 6.54. The number of Topliss-reactive ketones (excluding diaryl/α,β-unsaturated/α-hetero) is 1. The van der Waals surface area contributed by atoms with Crippen molar-refractivity contribution < 1.29 is 9.59 Å². The number of nitrogens with zero attached hydrogens (tertiary/aromatic N) is 2. The average Bonchev–Trinajstić information content (AvgIpc) is 3.05. The number of aryl methyl sites for hydroxylation is 1. The van der Waals surface area contributed by atoms with Crippen LogP contribution in [0.5, 0.6) is 0 Å². The number of rotatable bonds is 4. The van der Waals surface area contributed by atoms with E-state index in [0.29, 0.717) is 23.4 Å². The van der Waals surface area contributed by atoms with Gasteiger partial charge in [0.1, 0.15) is 5.01 Å². The molecule has 0 aliphatic carbocycles. The second-order valence-corrected chi connectivity index (χ2v) is 7.00. The van der Waals surface area contributed by atoms with E-state index in [1.807, 2.05) is 19.2 Å². The highest BCUT2D eigenvalue weighted by Crippen LogP contribution is 2.29. The van der Waals surface area contributed by atoms with E-state index in [9.17, 15) is 14.9 Å². The molecule has 1 N–H and O–H groups in total. The average molecular weight is 339 g/mol. The predicted molar refractivity (Wildman–Crippen MR) is 92.3 cm³/mol. The predicted octanol–water partition coefficient (Wildman–Crippen LogP) is 3.64. The van der Waals surface area contributed by atoms with Crippen molar-refractivity contribution in [1.29, 1.82) is 5.26 Å². The van der Waals surface area contributed by atoms with Crippen LogP contribution in [-0.2, 0) is 11.2 Å². The van der Waals surface area contributed by atoms with Crippen LogP contribution in [0.1, 0.15) is 58.7 Å². The molecule has 6 heteroatoms. The van der Waals surface area contributed by atoms with Crippen molar-refractivity contribution >= 4 is 28.7 Å². The van der Waals surface area contributed by atoms with Gasteiger partial charge in [0.15, 0.2) is 11.7 Å². The lowest BCUT2D eigenvalue weighted by molar-refractivity contribution is -0.116. The molecule has 0 unspecified atom stereocenters. The molecule has 1 aliphatic rings. The third-order valence-corrected chi connectivity index (χ3v) is 4.98. The summed E-state index contributed by atoms with van der Waals surface area (Å²) in [6.07, 6.45) is 1.02. The van der Waals surface area contributed by atoms with Crippen molar-refractivity contribution in [2.24, 2.45) is 0 Å². The number of amides is 1. The molecule has 0 spiro atoms. The normalized spacial score (nSPS) is 14.7.